The molecule has 1 amide bonds. The van der Waals surface area contributed by atoms with Gasteiger partial charge in [-0.1, -0.05) is 29.8 Å². The lowest BCUT2D eigenvalue weighted by molar-refractivity contribution is -0.133. The molecule has 37 heavy (non-hydrogen) atoms. The highest BCUT2D eigenvalue weighted by Crippen LogP contribution is 2.24. The van der Waals surface area contributed by atoms with E-state index >= 15 is 0 Å². The maximum atomic E-state index is 13.8. The Labute approximate surface area is 214 Å². The average Bonchev–Trinajstić information content (AvgIpc) is 2.86. The molecule has 3 aromatic carbocycles. The molecule has 192 valence electrons. The highest BCUT2D eigenvalue weighted by molar-refractivity contribution is 5.80. The van der Waals surface area contributed by atoms with E-state index in [1.165, 1.54) is 4.57 Å². The number of aryl methyl sites for hydroxylation is 1. The van der Waals surface area contributed by atoms with Crippen LogP contribution in [0.2, 0.25) is 0 Å². The summed E-state index contributed by atoms with van der Waals surface area (Å²) >= 11 is 0. The Morgan fingerprint density at radius 1 is 1.05 bits per heavy atom. The van der Waals surface area contributed by atoms with Gasteiger partial charge < -0.3 is 9.64 Å². The SMILES string of the molecule is CCOCCN(C(=O)Cc1cc(F)cc(F)c1)C(C)c1nc2ccccc2c(=O)n1-c1ccc(C)cc1. The number of para-hydroxylation sites is 1. The topological polar surface area (TPSA) is 64.4 Å². The molecule has 8 heteroatoms. The molecular weight excluding hydrogens is 476 g/mol. The van der Waals surface area contributed by atoms with Gasteiger partial charge in [0, 0.05) is 19.2 Å². The van der Waals surface area contributed by atoms with E-state index in [1.807, 2.05) is 38.1 Å². The van der Waals surface area contributed by atoms with Gasteiger partial charge in [-0.3, -0.25) is 14.2 Å². The molecule has 1 unspecified atom stereocenters. The van der Waals surface area contributed by atoms with E-state index in [2.05, 4.69) is 0 Å². The Bertz CT molecular complexity index is 1450. The van der Waals surface area contributed by atoms with Crippen molar-refractivity contribution in [1.82, 2.24) is 14.5 Å². The van der Waals surface area contributed by atoms with E-state index in [0.29, 0.717) is 29.0 Å². The predicted octanol–water partition coefficient (Wildman–Crippen LogP) is 5.14. The Kier molecular flexibility index (Phi) is 8.08. The largest absolute Gasteiger partial charge is 0.380 e. The van der Waals surface area contributed by atoms with E-state index < -0.39 is 17.7 Å². The molecule has 1 heterocycles. The van der Waals surface area contributed by atoms with Gasteiger partial charge in [0.2, 0.25) is 5.91 Å². The van der Waals surface area contributed by atoms with Crippen LogP contribution in [0.3, 0.4) is 0 Å². The second-order valence-corrected chi connectivity index (χ2v) is 8.88. The molecule has 1 atom stereocenters. The standard InChI is InChI=1S/C29H29F2N3O3/c1-4-37-14-13-33(27(35)17-21-15-22(30)18-23(31)16-21)20(3)28-32-26-8-6-5-7-25(26)29(36)34(28)24-11-9-19(2)10-12-24/h5-12,15-16,18,20H,4,13-14,17H2,1-3H3. The molecule has 0 fully saturated rings. The summed E-state index contributed by atoms with van der Waals surface area (Å²) in [7, 11) is 0. The number of hydrogen-bond donors (Lipinski definition) is 0. The number of carbonyl (C=O) groups is 1. The van der Waals surface area contributed by atoms with Gasteiger partial charge in [0.25, 0.3) is 5.56 Å². The van der Waals surface area contributed by atoms with Crippen LogP contribution in [0.1, 0.15) is 36.8 Å². The number of rotatable bonds is 9. The third kappa shape index (κ3) is 5.91. The van der Waals surface area contributed by atoms with Crippen molar-refractivity contribution in [1.29, 1.82) is 0 Å². The summed E-state index contributed by atoms with van der Waals surface area (Å²) < 4.78 is 34.6. The lowest BCUT2D eigenvalue weighted by Crippen LogP contribution is -2.40. The monoisotopic (exact) mass is 505 g/mol. The van der Waals surface area contributed by atoms with Crippen LogP contribution < -0.4 is 5.56 Å². The number of fused-ring (bicyclic) bond motifs is 1. The van der Waals surface area contributed by atoms with Crippen molar-refractivity contribution in [3.05, 3.63) is 106 Å². The normalized spacial score (nSPS) is 12.0. The molecule has 0 aliphatic heterocycles. The first-order valence-corrected chi connectivity index (χ1v) is 12.2. The van der Waals surface area contributed by atoms with E-state index in [-0.39, 0.29) is 36.6 Å². The fourth-order valence-electron chi connectivity index (χ4n) is 4.34. The summed E-state index contributed by atoms with van der Waals surface area (Å²) in [6, 6.07) is 17.0. The lowest BCUT2D eigenvalue weighted by Gasteiger charge is -2.30. The third-order valence-electron chi connectivity index (χ3n) is 6.21. The van der Waals surface area contributed by atoms with Crippen molar-refractivity contribution in [3.63, 3.8) is 0 Å². The van der Waals surface area contributed by atoms with Crippen LogP contribution in [0.25, 0.3) is 16.6 Å². The summed E-state index contributed by atoms with van der Waals surface area (Å²) in [5.74, 6) is -1.49. The smallest absolute Gasteiger partial charge is 0.266 e. The number of hydrogen-bond acceptors (Lipinski definition) is 4. The third-order valence-corrected chi connectivity index (χ3v) is 6.21. The maximum Gasteiger partial charge on any atom is 0.266 e. The zero-order valence-electron chi connectivity index (χ0n) is 21.1. The first-order valence-electron chi connectivity index (χ1n) is 12.2. The number of aromatic nitrogens is 2. The summed E-state index contributed by atoms with van der Waals surface area (Å²) in [6.07, 6.45) is -0.215. The van der Waals surface area contributed by atoms with Crippen molar-refractivity contribution in [2.75, 3.05) is 19.8 Å². The van der Waals surface area contributed by atoms with Gasteiger partial charge in [0.05, 0.1) is 35.7 Å². The minimum absolute atomic E-state index is 0.211. The number of halogens is 2. The molecule has 4 aromatic rings. The second kappa shape index (κ2) is 11.4. The van der Waals surface area contributed by atoms with E-state index in [4.69, 9.17) is 9.72 Å². The Morgan fingerprint density at radius 2 is 1.73 bits per heavy atom. The summed E-state index contributed by atoms with van der Waals surface area (Å²) in [4.78, 5) is 33.5. The summed E-state index contributed by atoms with van der Waals surface area (Å²) in [6.45, 7) is 6.53. The van der Waals surface area contributed by atoms with Gasteiger partial charge in [-0.15, -0.1) is 0 Å². The first kappa shape index (κ1) is 26.2. The van der Waals surface area contributed by atoms with Crippen LogP contribution in [0.4, 0.5) is 8.78 Å². The quantitative estimate of drug-likeness (QED) is 0.296. The van der Waals surface area contributed by atoms with Crippen LogP contribution in [0.15, 0.2) is 71.5 Å². The molecule has 0 saturated carbocycles. The first-order chi connectivity index (χ1) is 17.8. The van der Waals surface area contributed by atoms with Crippen LogP contribution in [-0.4, -0.2) is 40.1 Å². The van der Waals surface area contributed by atoms with Crippen LogP contribution >= 0.6 is 0 Å². The fraction of sp³-hybridized carbons (Fsp3) is 0.276. The predicted molar refractivity (Wildman–Crippen MR) is 139 cm³/mol. The molecule has 1 aromatic heterocycles. The molecule has 0 radical (unpaired) electrons. The number of carbonyl (C=O) groups excluding carboxylic acids is 1. The van der Waals surface area contributed by atoms with Crippen LogP contribution in [0.5, 0.6) is 0 Å². The molecule has 0 aliphatic rings. The average molecular weight is 506 g/mol. The van der Waals surface area contributed by atoms with Gasteiger partial charge >= 0.3 is 0 Å². The van der Waals surface area contributed by atoms with E-state index in [9.17, 15) is 18.4 Å². The Hall–Kier alpha value is -3.91. The Morgan fingerprint density at radius 3 is 2.41 bits per heavy atom. The summed E-state index contributed by atoms with van der Waals surface area (Å²) in [5.41, 5.74) is 2.15. The molecule has 0 spiro atoms. The van der Waals surface area contributed by atoms with Crippen LogP contribution in [0, 0.1) is 18.6 Å². The van der Waals surface area contributed by atoms with Crippen molar-refractivity contribution in [2.45, 2.75) is 33.2 Å². The number of ether oxygens (including phenoxy) is 1. The van der Waals surface area contributed by atoms with Gasteiger partial charge in [-0.2, -0.15) is 0 Å². The molecule has 0 N–H and O–H groups in total. The lowest BCUT2D eigenvalue weighted by atomic mass is 10.1. The van der Waals surface area contributed by atoms with Crippen molar-refractivity contribution < 1.29 is 18.3 Å². The van der Waals surface area contributed by atoms with E-state index in [1.54, 1.807) is 36.1 Å². The van der Waals surface area contributed by atoms with Gasteiger partial charge in [0.1, 0.15) is 17.5 Å². The molecule has 0 aliphatic carbocycles. The zero-order valence-corrected chi connectivity index (χ0v) is 21.1. The zero-order chi connectivity index (χ0) is 26.5. The number of amides is 1. The highest BCUT2D eigenvalue weighted by atomic mass is 19.1. The highest BCUT2D eigenvalue weighted by Gasteiger charge is 2.27. The Balaban J connectivity index is 1.81. The van der Waals surface area contributed by atoms with Crippen LogP contribution in [-0.2, 0) is 16.0 Å². The maximum absolute atomic E-state index is 13.8. The second-order valence-electron chi connectivity index (χ2n) is 8.88. The van der Waals surface area contributed by atoms with Gasteiger partial charge in [0.15, 0.2) is 0 Å². The molecule has 4 rings (SSSR count). The number of nitrogens with zero attached hydrogens (tertiary/aromatic N) is 3. The van der Waals surface area contributed by atoms with Gasteiger partial charge in [-0.05, 0) is 62.7 Å². The molecule has 0 bridgehead atoms. The summed E-state index contributed by atoms with van der Waals surface area (Å²) in [5, 5.41) is 0.460. The van der Waals surface area contributed by atoms with Crippen molar-refractivity contribution in [3.8, 4) is 5.69 Å². The van der Waals surface area contributed by atoms with Crippen molar-refractivity contribution >= 4 is 16.8 Å². The minimum Gasteiger partial charge on any atom is -0.380 e. The van der Waals surface area contributed by atoms with Gasteiger partial charge in [-0.25, -0.2) is 13.8 Å². The molecule has 0 saturated heterocycles. The number of benzene rings is 3. The van der Waals surface area contributed by atoms with Crippen molar-refractivity contribution in [2.24, 2.45) is 0 Å². The molecule has 6 nitrogen and oxygen atoms in total. The fourth-order valence-corrected chi connectivity index (χ4v) is 4.34. The van der Waals surface area contributed by atoms with E-state index in [0.717, 1.165) is 23.8 Å². The minimum atomic E-state index is -0.749. The molecular formula is C29H29F2N3O3.